The van der Waals surface area contributed by atoms with Crippen LogP contribution in [0.5, 0.6) is 0 Å². The van der Waals surface area contributed by atoms with Crippen molar-refractivity contribution in [2.24, 2.45) is 10.4 Å². The summed E-state index contributed by atoms with van der Waals surface area (Å²) in [4.78, 5) is 16.6. The molecule has 1 aromatic heterocycles. The van der Waals surface area contributed by atoms with Crippen molar-refractivity contribution in [3.63, 3.8) is 0 Å². The van der Waals surface area contributed by atoms with Gasteiger partial charge in [0.25, 0.3) is 5.91 Å². The van der Waals surface area contributed by atoms with Gasteiger partial charge >= 0.3 is 0 Å². The number of nitrogens with zero attached hydrogens (tertiary/aromatic N) is 2. The first kappa shape index (κ1) is 18.6. The summed E-state index contributed by atoms with van der Waals surface area (Å²) in [5.41, 5.74) is 0.730. The number of hydrogen-bond donors (Lipinski definition) is 3. The number of aromatic nitrogens is 2. The standard InChI is InChI=1S/C17H21F2N5O/c1-10-7-14(24-23-10)21-16(20-9-17(2,3)4)22-15(25)11-5-6-12(18)13(19)8-11/h5-8H,9H2,1-4H3,(H3,20,21,22,23,24,25). The zero-order valence-electron chi connectivity index (χ0n) is 14.6. The molecule has 0 spiro atoms. The Labute approximate surface area is 144 Å². The van der Waals surface area contributed by atoms with Crippen molar-refractivity contribution < 1.29 is 13.6 Å². The second kappa shape index (κ2) is 7.42. The number of guanidine groups is 1. The van der Waals surface area contributed by atoms with Crippen LogP contribution in [0, 0.1) is 24.0 Å². The van der Waals surface area contributed by atoms with E-state index < -0.39 is 17.5 Å². The molecular formula is C17H21F2N5O. The summed E-state index contributed by atoms with van der Waals surface area (Å²) in [6.07, 6.45) is 0. The summed E-state index contributed by atoms with van der Waals surface area (Å²) in [6.45, 7) is 8.29. The lowest BCUT2D eigenvalue weighted by Crippen LogP contribution is -2.37. The number of amides is 1. The molecule has 0 aliphatic carbocycles. The van der Waals surface area contributed by atoms with Crippen molar-refractivity contribution in [2.45, 2.75) is 27.7 Å². The van der Waals surface area contributed by atoms with Crippen LogP contribution in [-0.2, 0) is 0 Å². The number of hydrogen-bond acceptors (Lipinski definition) is 3. The fourth-order valence-corrected chi connectivity index (χ4v) is 1.85. The van der Waals surface area contributed by atoms with Gasteiger partial charge in [-0.2, -0.15) is 5.10 Å². The van der Waals surface area contributed by atoms with Crippen LogP contribution in [0.15, 0.2) is 29.3 Å². The minimum atomic E-state index is -1.09. The molecule has 3 N–H and O–H groups in total. The van der Waals surface area contributed by atoms with Crippen LogP contribution in [0.25, 0.3) is 0 Å². The molecule has 0 unspecified atom stereocenters. The third-order valence-corrected chi connectivity index (χ3v) is 3.08. The maximum absolute atomic E-state index is 13.3. The van der Waals surface area contributed by atoms with Crippen LogP contribution >= 0.6 is 0 Å². The first-order valence-corrected chi connectivity index (χ1v) is 7.74. The Hall–Kier alpha value is -2.77. The van der Waals surface area contributed by atoms with E-state index in [0.717, 1.165) is 17.8 Å². The number of carbonyl (C=O) groups excluding carboxylic acids is 1. The highest BCUT2D eigenvalue weighted by atomic mass is 19.2. The molecule has 134 valence electrons. The molecule has 0 radical (unpaired) electrons. The number of benzene rings is 1. The monoisotopic (exact) mass is 349 g/mol. The number of aryl methyl sites for hydroxylation is 1. The number of aliphatic imine (C=N–C) groups is 1. The zero-order valence-corrected chi connectivity index (χ0v) is 14.6. The van der Waals surface area contributed by atoms with E-state index in [9.17, 15) is 13.6 Å². The van der Waals surface area contributed by atoms with E-state index in [0.29, 0.717) is 12.4 Å². The van der Waals surface area contributed by atoms with Crippen molar-refractivity contribution >= 4 is 17.7 Å². The Bertz CT molecular complexity index is 793. The molecule has 1 amide bonds. The van der Waals surface area contributed by atoms with Gasteiger partial charge < -0.3 is 5.32 Å². The number of halogens is 2. The molecule has 6 nitrogen and oxygen atoms in total. The van der Waals surface area contributed by atoms with Crippen molar-refractivity contribution in [1.82, 2.24) is 15.5 Å². The predicted octanol–water partition coefficient (Wildman–Crippen LogP) is 3.24. The van der Waals surface area contributed by atoms with Gasteiger partial charge in [0.05, 0.1) is 0 Å². The van der Waals surface area contributed by atoms with Gasteiger partial charge in [-0.1, -0.05) is 20.8 Å². The van der Waals surface area contributed by atoms with Crippen molar-refractivity contribution in [1.29, 1.82) is 0 Å². The highest BCUT2D eigenvalue weighted by Crippen LogP contribution is 2.13. The molecule has 0 aliphatic heterocycles. The number of carbonyl (C=O) groups is 1. The average molecular weight is 349 g/mol. The number of anilines is 1. The molecule has 8 heteroatoms. The average Bonchev–Trinajstić information content (AvgIpc) is 2.92. The molecule has 0 fully saturated rings. The summed E-state index contributed by atoms with van der Waals surface area (Å²) in [5, 5.41) is 12.3. The Morgan fingerprint density at radius 2 is 1.96 bits per heavy atom. The SMILES string of the molecule is Cc1cc(NC(=NCC(C)(C)C)NC(=O)c2ccc(F)c(F)c2)n[nH]1. The second-order valence-electron chi connectivity index (χ2n) is 6.87. The molecule has 1 aromatic carbocycles. The normalized spacial score (nSPS) is 12.2. The molecule has 0 atom stereocenters. The highest BCUT2D eigenvalue weighted by molar-refractivity contribution is 6.09. The third-order valence-electron chi connectivity index (χ3n) is 3.08. The van der Waals surface area contributed by atoms with E-state index in [4.69, 9.17) is 0 Å². The van der Waals surface area contributed by atoms with Crippen LogP contribution in [0.2, 0.25) is 0 Å². The first-order chi connectivity index (χ1) is 11.6. The maximum atomic E-state index is 13.3. The maximum Gasteiger partial charge on any atom is 0.258 e. The topological polar surface area (TPSA) is 82.2 Å². The quantitative estimate of drug-likeness (QED) is 0.588. The fraction of sp³-hybridized carbons (Fsp3) is 0.353. The number of nitrogens with one attached hydrogen (secondary N) is 3. The molecular weight excluding hydrogens is 328 g/mol. The van der Waals surface area contributed by atoms with Gasteiger partial charge in [0.1, 0.15) is 0 Å². The van der Waals surface area contributed by atoms with Crippen LogP contribution in [0.3, 0.4) is 0 Å². The lowest BCUT2D eigenvalue weighted by atomic mass is 9.97. The van der Waals surface area contributed by atoms with E-state index in [1.807, 2.05) is 27.7 Å². The summed E-state index contributed by atoms with van der Waals surface area (Å²) >= 11 is 0. The smallest absolute Gasteiger partial charge is 0.258 e. The Morgan fingerprint density at radius 3 is 2.52 bits per heavy atom. The van der Waals surface area contributed by atoms with Crippen LogP contribution in [0.4, 0.5) is 14.6 Å². The summed E-state index contributed by atoms with van der Waals surface area (Å²) in [5.74, 6) is -2.04. The van der Waals surface area contributed by atoms with Crippen molar-refractivity contribution in [3.05, 3.63) is 47.2 Å². The predicted molar refractivity (Wildman–Crippen MR) is 92.5 cm³/mol. The molecule has 0 bridgehead atoms. The Morgan fingerprint density at radius 1 is 1.24 bits per heavy atom. The van der Waals surface area contributed by atoms with Crippen LogP contribution in [-0.4, -0.2) is 28.6 Å². The van der Waals surface area contributed by atoms with Crippen LogP contribution in [0.1, 0.15) is 36.8 Å². The van der Waals surface area contributed by atoms with Gasteiger partial charge in [-0.05, 0) is 30.5 Å². The van der Waals surface area contributed by atoms with Crippen molar-refractivity contribution in [2.75, 3.05) is 11.9 Å². The van der Waals surface area contributed by atoms with E-state index in [1.165, 1.54) is 6.07 Å². The largest absolute Gasteiger partial charge is 0.309 e. The zero-order chi connectivity index (χ0) is 18.6. The summed E-state index contributed by atoms with van der Waals surface area (Å²) in [7, 11) is 0. The molecule has 1 heterocycles. The third kappa shape index (κ3) is 5.66. The lowest BCUT2D eigenvalue weighted by molar-refractivity contribution is 0.0976. The summed E-state index contributed by atoms with van der Waals surface area (Å²) in [6, 6.07) is 4.69. The van der Waals surface area contributed by atoms with E-state index in [-0.39, 0.29) is 16.9 Å². The van der Waals surface area contributed by atoms with Gasteiger partial charge in [-0.25, -0.2) is 8.78 Å². The second-order valence-corrected chi connectivity index (χ2v) is 6.87. The van der Waals surface area contributed by atoms with Gasteiger partial charge in [0.15, 0.2) is 17.5 Å². The fourth-order valence-electron chi connectivity index (χ4n) is 1.85. The van der Waals surface area contributed by atoms with E-state index >= 15 is 0 Å². The Balaban J connectivity index is 2.19. The molecule has 0 saturated carbocycles. The van der Waals surface area contributed by atoms with E-state index in [1.54, 1.807) is 6.07 Å². The molecule has 0 saturated heterocycles. The number of H-pyrrole nitrogens is 1. The Kier molecular flexibility index (Phi) is 5.51. The summed E-state index contributed by atoms with van der Waals surface area (Å²) < 4.78 is 26.3. The van der Waals surface area contributed by atoms with Gasteiger partial charge in [-0.3, -0.25) is 20.2 Å². The van der Waals surface area contributed by atoms with Gasteiger partial charge in [-0.15, -0.1) is 0 Å². The van der Waals surface area contributed by atoms with Crippen LogP contribution < -0.4 is 10.6 Å². The van der Waals surface area contributed by atoms with Gasteiger partial charge in [0, 0.05) is 23.9 Å². The number of rotatable bonds is 3. The molecule has 2 aromatic rings. The molecule has 2 rings (SSSR count). The lowest BCUT2D eigenvalue weighted by Gasteiger charge is -2.16. The molecule has 25 heavy (non-hydrogen) atoms. The molecule has 0 aliphatic rings. The highest BCUT2D eigenvalue weighted by Gasteiger charge is 2.15. The van der Waals surface area contributed by atoms with Crippen molar-refractivity contribution in [3.8, 4) is 0 Å². The minimum absolute atomic E-state index is 0.0117. The number of aromatic amines is 1. The van der Waals surface area contributed by atoms with Gasteiger partial charge in [0.2, 0.25) is 5.96 Å². The van der Waals surface area contributed by atoms with E-state index in [2.05, 4.69) is 25.8 Å². The minimum Gasteiger partial charge on any atom is -0.309 e. The first-order valence-electron chi connectivity index (χ1n) is 7.74.